The molecule has 0 amide bonds. The van der Waals surface area contributed by atoms with Gasteiger partial charge in [0.05, 0.1) is 4.90 Å². The molecule has 0 saturated carbocycles. The summed E-state index contributed by atoms with van der Waals surface area (Å²) in [6, 6.07) is 18.5. The Bertz CT molecular complexity index is 915. The van der Waals surface area contributed by atoms with Gasteiger partial charge in [0.1, 0.15) is 0 Å². The Hall–Kier alpha value is -2.64. The van der Waals surface area contributed by atoms with Gasteiger partial charge in [-0.2, -0.15) is 0 Å². The van der Waals surface area contributed by atoms with Crippen molar-refractivity contribution < 1.29 is 8.42 Å². The Labute approximate surface area is 144 Å². The van der Waals surface area contributed by atoms with Crippen LogP contribution in [0.15, 0.2) is 71.6 Å². The molecule has 24 heavy (non-hydrogen) atoms. The molecule has 6 nitrogen and oxygen atoms in total. The van der Waals surface area contributed by atoms with Gasteiger partial charge in [0.2, 0.25) is 0 Å². The Morgan fingerprint density at radius 2 is 1.42 bits per heavy atom. The number of benzene rings is 2. The third kappa shape index (κ3) is 4.01. The van der Waals surface area contributed by atoms with Gasteiger partial charge in [-0.05, 0) is 48.5 Å². The van der Waals surface area contributed by atoms with E-state index >= 15 is 0 Å². The van der Waals surface area contributed by atoms with Crippen LogP contribution in [0.1, 0.15) is 0 Å². The molecule has 0 bridgehead atoms. The van der Waals surface area contributed by atoms with E-state index in [4.69, 9.17) is 11.6 Å². The molecule has 0 saturated heterocycles. The highest BCUT2D eigenvalue weighted by Crippen LogP contribution is 2.18. The molecule has 0 spiro atoms. The second-order valence-electron chi connectivity index (χ2n) is 4.85. The Morgan fingerprint density at radius 1 is 0.792 bits per heavy atom. The van der Waals surface area contributed by atoms with E-state index in [9.17, 15) is 8.42 Å². The molecule has 2 N–H and O–H groups in total. The van der Waals surface area contributed by atoms with Crippen LogP contribution >= 0.6 is 11.6 Å². The first kappa shape index (κ1) is 16.2. The van der Waals surface area contributed by atoms with E-state index in [2.05, 4.69) is 20.2 Å². The van der Waals surface area contributed by atoms with Crippen LogP contribution in [0, 0.1) is 0 Å². The number of nitrogens with zero attached hydrogens (tertiary/aromatic N) is 2. The Balaban J connectivity index is 1.73. The van der Waals surface area contributed by atoms with Crippen molar-refractivity contribution in [3.63, 3.8) is 0 Å². The predicted molar refractivity (Wildman–Crippen MR) is 94.0 cm³/mol. The summed E-state index contributed by atoms with van der Waals surface area (Å²) in [5, 5.41) is 11.4. The van der Waals surface area contributed by atoms with Gasteiger partial charge >= 0.3 is 0 Å². The van der Waals surface area contributed by atoms with Crippen LogP contribution in [0.2, 0.25) is 5.02 Å². The molecule has 0 fully saturated rings. The molecule has 0 aliphatic carbocycles. The third-order valence-electron chi connectivity index (χ3n) is 3.07. The maximum absolute atomic E-state index is 12.3. The summed E-state index contributed by atoms with van der Waals surface area (Å²) < 4.78 is 26.9. The lowest BCUT2D eigenvalue weighted by Crippen LogP contribution is -2.14. The number of hydrogen-bond acceptors (Lipinski definition) is 5. The highest BCUT2D eigenvalue weighted by Gasteiger charge is 2.14. The third-order valence-corrected chi connectivity index (χ3v) is 4.70. The zero-order chi connectivity index (χ0) is 17.0. The monoisotopic (exact) mass is 360 g/mol. The fourth-order valence-corrected chi connectivity index (χ4v) is 3.06. The molecule has 3 aromatic rings. The van der Waals surface area contributed by atoms with Gasteiger partial charge in [0.25, 0.3) is 10.0 Å². The number of anilines is 3. The Kier molecular flexibility index (Phi) is 4.64. The SMILES string of the molecule is O=S(=O)(Nc1ccc(Nc2ccccc2)nn1)c1ccc(Cl)cc1. The van der Waals surface area contributed by atoms with Crippen LogP contribution < -0.4 is 10.0 Å². The van der Waals surface area contributed by atoms with Gasteiger partial charge in [-0.15, -0.1) is 10.2 Å². The smallest absolute Gasteiger partial charge is 0.263 e. The summed E-state index contributed by atoms with van der Waals surface area (Å²) in [6.07, 6.45) is 0. The molecule has 2 aromatic carbocycles. The lowest BCUT2D eigenvalue weighted by molar-refractivity contribution is 0.601. The van der Waals surface area contributed by atoms with E-state index in [1.807, 2.05) is 30.3 Å². The molecule has 122 valence electrons. The van der Waals surface area contributed by atoms with E-state index < -0.39 is 10.0 Å². The average molecular weight is 361 g/mol. The fraction of sp³-hybridized carbons (Fsp3) is 0. The van der Waals surface area contributed by atoms with E-state index in [1.54, 1.807) is 6.07 Å². The van der Waals surface area contributed by atoms with Gasteiger partial charge in [0.15, 0.2) is 11.6 Å². The Morgan fingerprint density at radius 3 is 2.04 bits per heavy atom. The van der Waals surface area contributed by atoms with Crippen molar-refractivity contribution in [3.05, 3.63) is 71.8 Å². The van der Waals surface area contributed by atoms with Crippen LogP contribution in [0.3, 0.4) is 0 Å². The maximum Gasteiger partial charge on any atom is 0.263 e. The van der Waals surface area contributed by atoms with Crippen LogP contribution in [0.25, 0.3) is 0 Å². The number of hydrogen-bond donors (Lipinski definition) is 2. The minimum Gasteiger partial charge on any atom is -0.339 e. The predicted octanol–water partition coefficient (Wildman–Crippen LogP) is 3.67. The van der Waals surface area contributed by atoms with Crippen LogP contribution in [-0.2, 0) is 10.0 Å². The van der Waals surface area contributed by atoms with Crippen molar-refractivity contribution >= 4 is 38.9 Å². The minimum atomic E-state index is -3.73. The first-order chi connectivity index (χ1) is 11.5. The van der Waals surface area contributed by atoms with Crippen LogP contribution in [-0.4, -0.2) is 18.6 Å². The summed E-state index contributed by atoms with van der Waals surface area (Å²) in [6.45, 7) is 0. The average Bonchev–Trinajstić information content (AvgIpc) is 2.58. The van der Waals surface area contributed by atoms with E-state index in [0.29, 0.717) is 10.8 Å². The van der Waals surface area contributed by atoms with Crippen LogP contribution in [0.4, 0.5) is 17.3 Å². The first-order valence-electron chi connectivity index (χ1n) is 6.97. The summed E-state index contributed by atoms with van der Waals surface area (Å²) in [7, 11) is -3.73. The van der Waals surface area contributed by atoms with Gasteiger partial charge in [-0.3, -0.25) is 4.72 Å². The number of rotatable bonds is 5. The molecular weight excluding hydrogens is 348 g/mol. The van der Waals surface area contributed by atoms with Gasteiger partial charge < -0.3 is 5.32 Å². The van der Waals surface area contributed by atoms with Crippen molar-refractivity contribution in [3.8, 4) is 0 Å². The second-order valence-corrected chi connectivity index (χ2v) is 6.97. The molecule has 0 aliphatic rings. The molecule has 0 radical (unpaired) electrons. The van der Waals surface area contributed by atoms with E-state index in [-0.39, 0.29) is 10.7 Å². The molecule has 8 heteroatoms. The quantitative estimate of drug-likeness (QED) is 0.725. The second kappa shape index (κ2) is 6.86. The highest BCUT2D eigenvalue weighted by molar-refractivity contribution is 7.92. The zero-order valence-corrected chi connectivity index (χ0v) is 13.9. The number of sulfonamides is 1. The molecule has 1 aromatic heterocycles. The molecule has 0 atom stereocenters. The summed E-state index contributed by atoms with van der Waals surface area (Å²) in [5.41, 5.74) is 0.862. The maximum atomic E-state index is 12.3. The van der Waals surface area contributed by atoms with Gasteiger partial charge in [-0.1, -0.05) is 29.8 Å². The van der Waals surface area contributed by atoms with Crippen LogP contribution in [0.5, 0.6) is 0 Å². The molecule has 1 heterocycles. The summed E-state index contributed by atoms with van der Waals surface area (Å²) >= 11 is 5.76. The first-order valence-corrected chi connectivity index (χ1v) is 8.83. The normalized spacial score (nSPS) is 11.0. The summed E-state index contributed by atoms with van der Waals surface area (Å²) in [4.78, 5) is 0.0974. The molecular formula is C16H13ClN4O2S. The van der Waals surface area contributed by atoms with E-state index in [0.717, 1.165) is 5.69 Å². The lowest BCUT2D eigenvalue weighted by atomic mass is 10.3. The van der Waals surface area contributed by atoms with Crippen molar-refractivity contribution in [2.75, 3.05) is 10.0 Å². The molecule has 3 rings (SSSR count). The van der Waals surface area contributed by atoms with Gasteiger partial charge in [-0.25, -0.2) is 8.42 Å². The molecule has 0 unspecified atom stereocenters. The van der Waals surface area contributed by atoms with E-state index in [1.165, 1.54) is 30.3 Å². The fourth-order valence-electron chi connectivity index (χ4n) is 1.93. The van der Waals surface area contributed by atoms with Crippen molar-refractivity contribution in [2.45, 2.75) is 4.90 Å². The van der Waals surface area contributed by atoms with Crippen molar-refractivity contribution in [1.82, 2.24) is 10.2 Å². The summed E-state index contributed by atoms with van der Waals surface area (Å²) in [5.74, 6) is 0.638. The molecule has 0 aliphatic heterocycles. The minimum absolute atomic E-state index is 0.0974. The number of nitrogens with one attached hydrogen (secondary N) is 2. The largest absolute Gasteiger partial charge is 0.339 e. The van der Waals surface area contributed by atoms with Gasteiger partial charge in [0, 0.05) is 10.7 Å². The standard InChI is InChI=1S/C16H13ClN4O2S/c17-12-6-8-14(9-7-12)24(22,23)21-16-11-10-15(19-20-16)18-13-4-2-1-3-5-13/h1-11H,(H,18,19)(H,20,21). The van der Waals surface area contributed by atoms with Crippen molar-refractivity contribution in [1.29, 1.82) is 0 Å². The van der Waals surface area contributed by atoms with Crippen molar-refractivity contribution in [2.24, 2.45) is 0 Å². The topological polar surface area (TPSA) is 84.0 Å². The number of aromatic nitrogens is 2. The highest BCUT2D eigenvalue weighted by atomic mass is 35.5. The number of para-hydroxylation sites is 1. The lowest BCUT2D eigenvalue weighted by Gasteiger charge is -2.08. The number of halogens is 1. The zero-order valence-electron chi connectivity index (χ0n) is 12.3.